The number of carbonyl (C=O) groups excluding carboxylic acids is 1. The highest BCUT2D eigenvalue weighted by atomic mass is 127. The van der Waals surface area contributed by atoms with E-state index in [-0.39, 0.29) is 5.78 Å². The summed E-state index contributed by atoms with van der Waals surface area (Å²) < 4.78 is 6.05. The van der Waals surface area contributed by atoms with E-state index in [1.165, 1.54) is 6.26 Å². The first-order valence-electron chi connectivity index (χ1n) is 4.51. The van der Waals surface area contributed by atoms with Gasteiger partial charge in [0.25, 0.3) is 0 Å². The summed E-state index contributed by atoms with van der Waals surface area (Å²) >= 11 is 2.19. The van der Waals surface area contributed by atoms with Crippen LogP contribution in [0.4, 0.5) is 0 Å². The van der Waals surface area contributed by atoms with E-state index < -0.39 is 0 Å². The molecule has 1 heterocycles. The van der Waals surface area contributed by atoms with Gasteiger partial charge in [0.2, 0.25) is 0 Å². The molecule has 0 aliphatic heterocycles. The lowest BCUT2D eigenvalue weighted by molar-refractivity contribution is 0.103. The molecule has 0 atom stereocenters. The van der Waals surface area contributed by atoms with Gasteiger partial charge in [-0.2, -0.15) is 0 Å². The topological polar surface area (TPSA) is 30.2 Å². The van der Waals surface area contributed by atoms with Gasteiger partial charge < -0.3 is 4.42 Å². The first-order chi connectivity index (χ1) is 7.18. The molecule has 0 fully saturated rings. The Kier molecular flexibility index (Phi) is 2.90. The van der Waals surface area contributed by atoms with Crippen molar-refractivity contribution in [3.63, 3.8) is 0 Å². The number of aryl methyl sites for hydroxylation is 1. The van der Waals surface area contributed by atoms with E-state index >= 15 is 0 Å². The maximum Gasteiger partial charge on any atom is 0.196 e. The maximum atomic E-state index is 12.0. The van der Waals surface area contributed by atoms with Crippen LogP contribution in [0.2, 0.25) is 0 Å². The van der Waals surface area contributed by atoms with Gasteiger partial charge in [-0.25, -0.2) is 0 Å². The molecule has 2 nitrogen and oxygen atoms in total. The number of halogens is 1. The zero-order valence-corrected chi connectivity index (χ0v) is 10.3. The van der Waals surface area contributed by atoms with Crippen molar-refractivity contribution in [2.75, 3.05) is 0 Å². The van der Waals surface area contributed by atoms with Crippen LogP contribution in [0.1, 0.15) is 21.5 Å². The van der Waals surface area contributed by atoms with Crippen LogP contribution in [-0.4, -0.2) is 5.78 Å². The molecule has 76 valence electrons. The zero-order valence-electron chi connectivity index (χ0n) is 8.16. The van der Waals surface area contributed by atoms with Crippen molar-refractivity contribution in [2.24, 2.45) is 0 Å². The Morgan fingerprint density at radius 3 is 2.73 bits per heavy atom. The largest absolute Gasteiger partial charge is 0.472 e. The third-order valence-corrected chi connectivity index (χ3v) is 2.86. The standard InChI is InChI=1S/C12H9IO2/c1-8-6-15-7-11(8)12(14)9-3-2-4-10(13)5-9/h2-7H,1H3. The maximum absolute atomic E-state index is 12.0. The summed E-state index contributed by atoms with van der Waals surface area (Å²) in [5.41, 5.74) is 2.21. The van der Waals surface area contributed by atoms with Gasteiger partial charge in [0, 0.05) is 9.13 Å². The summed E-state index contributed by atoms with van der Waals surface area (Å²) in [4.78, 5) is 12.0. The van der Waals surface area contributed by atoms with Crippen molar-refractivity contribution < 1.29 is 9.21 Å². The Labute approximate surface area is 101 Å². The van der Waals surface area contributed by atoms with E-state index in [0.29, 0.717) is 11.1 Å². The number of rotatable bonds is 2. The molecule has 0 amide bonds. The number of furan rings is 1. The number of hydrogen-bond acceptors (Lipinski definition) is 2. The number of benzene rings is 1. The fourth-order valence-corrected chi connectivity index (χ4v) is 1.92. The summed E-state index contributed by atoms with van der Waals surface area (Å²) in [5.74, 6) is 0.0137. The minimum atomic E-state index is 0.0137. The first kappa shape index (κ1) is 10.4. The van der Waals surface area contributed by atoms with Gasteiger partial charge in [0.05, 0.1) is 11.8 Å². The minimum absolute atomic E-state index is 0.0137. The van der Waals surface area contributed by atoms with Gasteiger partial charge in [-0.05, 0) is 47.2 Å². The molecule has 0 bridgehead atoms. The molecule has 0 unspecified atom stereocenters. The summed E-state index contributed by atoms with van der Waals surface area (Å²) in [6, 6.07) is 7.52. The second-order valence-electron chi connectivity index (χ2n) is 3.31. The van der Waals surface area contributed by atoms with Crippen LogP contribution in [0.3, 0.4) is 0 Å². The molecular weight excluding hydrogens is 303 g/mol. The van der Waals surface area contributed by atoms with Gasteiger partial charge in [-0.3, -0.25) is 4.79 Å². The lowest BCUT2D eigenvalue weighted by Crippen LogP contribution is -2.01. The fraction of sp³-hybridized carbons (Fsp3) is 0.0833. The van der Waals surface area contributed by atoms with E-state index in [0.717, 1.165) is 9.13 Å². The SMILES string of the molecule is Cc1cocc1C(=O)c1cccc(I)c1. The summed E-state index contributed by atoms with van der Waals surface area (Å²) in [7, 11) is 0. The van der Waals surface area contributed by atoms with Crippen LogP contribution in [0.15, 0.2) is 41.2 Å². The van der Waals surface area contributed by atoms with Crippen LogP contribution in [0.25, 0.3) is 0 Å². The summed E-state index contributed by atoms with van der Waals surface area (Å²) in [6.07, 6.45) is 3.08. The first-order valence-corrected chi connectivity index (χ1v) is 5.59. The Bertz CT molecular complexity index is 500. The normalized spacial score (nSPS) is 10.3. The molecule has 3 heteroatoms. The van der Waals surface area contributed by atoms with Crippen LogP contribution in [0.5, 0.6) is 0 Å². The van der Waals surface area contributed by atoms with E-state index in [1.807, 2.05) is 31.2 Å². The van der Waals surface area contributed by atoms with Crippen LogP contribution in [0, 0.1) is 10.5 Å². The van der Waals surface area contributed by atoms with Crippen molar-refractivity contribution in [3.8, 4) is 0 Å². The zero-order chi connectivity index (χ0) is 10.8. The molecule has 0 radical (unpaired) electrons. The Morgan fingerprint density at radius 2 is 2.13 bits per heavy atom. The molecule has 0 N–H and O–H groups in total. The number of ketones is 1. The van der Waals surface area contributed by atoms with Crippen LogP contribution in [-0.2, 0) is 0 Å². The average molecular weight is 312 g/mol. The highest BCUT2D eigenvalue weighted by molar-refractivity contribution is 14.1. The monoisotopic (exact) mass is 312 g/mol. The molecule has 0 saturated carbocycles. The van der Waals surface area contributed by atoms with Crippen molar-refractivity contribution in [1.82, 2.24) is 0 Å². The second-order valence-corrected chi connectivity index (χ2v) is 4.55. The molecule has 15 heavy (non-hydrogen) atoms. The highest BCUT2D eigenvalue weighted by Gasteiger charge is 2.13. The van der Waals surface area contributed by atoms with Crippen molar-refractivity contribution >= 4 is 28.4 Å². The lowest BCUT2D eigenvalue weighted by atomic mass is 10.0. The van der Waals surface area contributed by atoms with Gasteiger partial charge in [-0.1, -0.05) is 12.1 Å². The molecular formula is C12H9IO2. The van der Waals surface area contributed by atoms with Gasteiger partial charge >= 0.3 is 0 Å². The number of carbonyl (C=O) groups is 1. The Morgan fingerprint density at radius 1 is 1.33 bits per heavy atom. The van der Waals surface area contributed by atoms with Crippen LogP contribution < -0.4 is 0 Å². The molecule has 0 aliphatic carbocycles. The van der Waals surface area contributed by atoms with Crippen molar-refractivity contribution in [2.45, 2.75) is 6.92 Å². The third-order valence-electron chi connectivity index (χ3n) is 2.19. The second kappa shape index (κ2) is 4.18. The predicted octanol–water partition coefficient (Wildman–Crippen LogP) is 3.42. The molecule has 2 rings (SSSR count). The molecule has 0 aliphatic rings. The Balaban J connectivity index is 2.41. The molecule has 1 aromatic heterocycles. The summed E-state index contributed by atoms with van der Waals surface area (Å²) in [5, 5.41) is 0. The van der Waals surface area contributed by atoms with Gasteiger partial charge in [0.15, 0.2) is 5.78 Å². The van der Waals surface area contributed by atoms with Crippen molar-refractivity contribution in [1.29, 1.82) is 0 Å². The minimum Gasteiger partial charge on any atom is -0.472 e. The van der Waals surface area contributed by atoms with E-state index in [2.05, 4.69) is 22.6 Å². The van der Waals surface area contributed by atoms with Crippen LogP contribution >= 0.6 is 22.6 Å². The molecule has 0 saturated heterocycles. The molecule has 0 spiro atoms. The molecule has 1 aromatic carbocycles. The summed E-state index contributed by atoms with van der Waals surface area (Å²) in [6.45, 7) is 1.87. The van der Waals surface area contributed by atoms with Gasteiger partial charge in [0.1, 0.15) is 6.26 Å². The average Bonchev–Trinajstić information content (AvgIpc) is 2.63. The van der Waals surface area contributed by atoms with E-state index in [4.69, 9.17) is 4.42 Å². The highest BCUT2D eigenvalue weighted by Crippen LogP contribution is 2.16. The smallest absolute Gasteiger partial charge is 0.196 e. The quantitative estimate of drug-likeness (QED) is 0.628. The predicted molar refractivity (Wildman–Crippen MR) is 66.0 cm³/mol. The lowest BCUT2D eigenvalue weighted by Gasteiger charge is -1.99. The fourth-order valence-electron chi connectivity index (χ4n) is 1.38. The third kappa shape index (κ3) is 2.12. The van der Waals surface area contributed by atoms with E-state index in [9.17, 15) is 4.79 Å². The number of hydrogen-bond donors (Lipinski definition) is 0. The Hall–Kier alpha value is -1.10. The molecule has 2 aromatic rings. The van der Waals surface area contributed by atoms with E-state index in [1.54, 1.807) is 6.26 Å². The van der Waals surface area contributed by atoms with Crippen molar-refractivity contribution in [3.05, 3.63) is 57.1 Å². The van der Waals surface area contributed by atoms with Gasteiger partial charge in [-0.15, -0.1) is 0 Å².